The third kappa shape index (κ3) is 5.16. The van der Waals surface area contributed by atoms with Gasteiger partial charge in [0.05, 0.1) is 35.4 Å². The molecule has 1 fully saturated rings. The number of carbonyl (C=O) groups is 2. The first-order chi connectivity index (χ1) is 17.1. The molecule has 0 saturated carbocycles. The van der Waals surface area contributed by atoms with Crippen LogP contribution in [0, 0.1) is 5.92 Å². The number of amides is 2. The maximum Gasteiger partial charge on any atom is 0.257 e. The van der Waals surface area contributed by atoms with Crippen LogP contribution < -0.4 is 5.32 Å². The molecule has 35 heavy (non-hydrogen) atoms. The van der Waals surface area contributed by atoms with Gasteiger partial charge in [-0.3, -0.25) is 14.6 Å². The molecule has 2 N–H and O–H groups in total. The van der Waals surface area contributed by atoms with Gasteiger partial charge in [-0.15, -0.1) is 11.3 Å². The molecule has 9 heteroatoms. The number of hydrogen-bond donors (Lipinski definition) is 2. The number of aliphatic hydroxyl groups excluding tert-OH is 1. The van der Waals surface area contributed by atoms with Crippen LogP contribution in [0.4, 0.5) is 5.69 Å². The summed E-state index contributed by atoms with van der Waals surface area (Å²) >= 11 is 1.57. The van der Waals surface area contributed by atoms with Gasteiger partial charge in [0.1, 0.15) is 0 Å². The van der Waals surface area contributed by atoms with E-state index in [9.17, 15) is 14.7 Å². The molecule has 2 amide bonds. The number of pyridine rings is 1. The van der Waals surface area contributed by atoms with Gasteiger partial charge in [0.2, 0.25) is 0 Å². The molecule has 4 heterocycles. The average molecular weight is 488 g/mol. The van der Waals surface area contributed by atoms with Crippen molar-refractivity contribution in [3.8, 4) is 5.69 Å². The number of anilines is 1. The van der Waals surface area contributed by atoms with Crippen molar-refractivity contribution in [1.82, 2.24) is 19.7 Å². The first kappa shape index (κ1) is 22.9. The largest absolute Gasteiger partial charge is 0.387 e. The molecule has 1 aliphatic rings. The van der Waals surface area contributed by atoms with Gasteiger partial charge in [0, 0.05) is 35.9 Å². The summed E-state index contributed by atoms with van der Waals surface area (Å²) in [4.78, 5) is 32.1. The lowest BCUT2D eigenvalue weighted by Gasteiger charge is -2.34. The Morgan fingerprint density at radius 2 is 1.83 bits per heavy atom. The van der Waals surface area contributed by atoms with Gasteiger partial charge in [-0.25, -0.2) is 4.68 Å². The molecule has 1 aliphatic heterocycles. The van der Waals surface area contributed by atoms with Crippen molar-refractivity contribution in [2.75, 3.05) is 18.4 Å². The molecule has 0 bridgehead atoms. The number of piperidine rings is 1. The second-order valence-corrected chi connectivity index (χ2v) is 9.49. The van der Waals surface area contributed by atoms with Crippen LogP contribution in [0.2, 0.25) is 0 Å². The molecule has 0 radical (unpaired) electrons. The Morgan fingerprint density at radius 1 is 1.03 bits per heavy atom. The minimum atomic E-state index is -0.459. The predicted molar refractivity (Wildman–Crippen MR) is 134 cm³/mol. The summed E-state index contributed by atoms with van der Waals surface area (Å²) in [5, 5.41) is 19.7. The van der Waals surface area contributed by atoms with Crippen molar-refractivity contribution >= 4 is 28.8 Å². The smallest absolute Gasteiger partial charge is 0.257 e. The molecule has 5 rings (SSSR count). The van der Waals surface area contributed by atoms with E-state index in [1.807, 2.05) is 34.5 Å². The van der Waals surface area contributed by atoms with Gasteiger partial charge in [-0.1, -0.05) is 6.07 Å². The number of nitrogens with zero attached hydrogens (tertiary/aromatic N) is 4. The van der Waals surface area contributed by atoms with Gasteiger partial charge < -0.3 is 15.3 Å². The van der Waals surface area contributed by atoms with Gasteiger partial charge in [0.25, 0.3) is 11.8 Å². The van der Waals surface area contributed by atoms with Crippen LogP contribution in [0.25, 0.3) is 5.69 Å². The molecule has 1 aromatic carbocycles. The number of thiophene rings is 1. The van der Waals surface area contributed by atoms with Crippen LogP contribution in [0.15, 0.2) is 78.7 Å². The molecule has 1 saturated heterocycles. The normalized spacial score (nSPS) is 15.1. The number of aliphatic hydroxyl groups is 1. The Kier molecular flexibility index (Phi) is 6.69. The summed E-state index contributed by atoms with van der Waals surface area (Å²) in [5.41, 5.74) is 2.42. The summed E-state index contributed by atoms with van der Waals surface area (Å²) in [6.07, 6.45) is 7.51. The third-order valence-corrected chi connectivity index (χ3v) is 7.19. The first-order valence-electron chi connectivity index (χ1n) is 11.5. The quantitative estimate of drug-likeness (QED) is 0.425. The van der Waals surface area contributed by atoms with Crippen LogP contribution in [0.1, 0.15) is 44.5 Å². The molecular weight excluding hydrogens is 462 g/mol. The highest BCUT2D eigenvalue weighted by atomic mass is 32.1. The Labute approximate surface area is 206 Å². The Hall–Kier alpha value is -3.82. The number of carbonyl (C=O) groups excluding carboxylic acids is 2. The summed E-state index contributed by atoms with van der Waals surface area (Å²) in [7, 11) is 0. The highest BCUT2D eigenvalue weighted by molar-refractivity contribution is 7.10. The molecule has 0 aliphatic carbocycles. The zero-order valence-corrected chi connectivity index (χ0v) is 19.8. The van der Waals surface area contributed by atoms with E-state index in [0.29, 0.717) is 29.9 Å². The lowest BCUT2D eigenvalue weighted by atomic mass is 9.90. The Balaban J connectivity index is 1.18. The van der Waals surface area contributed by atoms with Crippen LogP contribution in [0.3, 0.4) is 0 Å². The topological polar surface area (TPSA) is 100 Å². The molecule has 0 unspecified atom stereocenters. The fraction of sp³-hybridized carbons (Fsp3) is 0.231. The summed E-state index contributed by atoms with van der Waals surface area (Å²) in [6.45, 7) is 1.26. The summed E-state index contributed by atoms with van der Waals surface area (Å²) < 4.78 is 1.64. The molecule has 178 valence electrons. The first-order valence-corrected chi connectivity index (χ1v) is 12.3. The van der Waals surface area contributed by atoms with E-state index in [4.69, 9.17) is 0 Å². The Bertz CT molecular complexity index is 1280. The summed E-state index contributed by atoms with van der Waals surface area (Å²) in [6, 6.07) is 14.6. The zero-order valence-electron chi connectivity index (χ0n) is 18.9. The summed E-state index contributed by atoms with van der Waals surface area (Å²) in [5.74, 6) is -0.0940. The fourth-order valence-electron chi connectivity index (χ4n) is 4.28. The van der Waals surface area contributed by atoms with E-state index in [2.05, 4.69) is 15.4 Å². The number of hydrogen-bond acceptors (Lipinski definition) is 6. The predicted octanol–water partition coefficient (Wildman–Crippen LogP) is 4.17. The Morgan fingerprint density at radius 3 is 2.51 bits per heavy atom. The van der Waals surface area contributed by atoms with Crippen molar-refractivity contribution in [2.24, 2.45) is 5.92 Å². The second-order valence-electron chi connectivity index (χ2n) is 8.51. The number of benzene rings is 1. The molecule has 8 nitrogen and oxygen atoms in total. The van der Waals surface area contributed by atoms with Crippen LogP contribution in [-0.4, -0.2) is 49.7 Å². The monoisotopic (exact) mass is 487 g/mol. The van der Waals surface area contributed by atoms with E-state index >= 15 is 0 Å². The van der Waals surface area contributed by atoms with Gasteiger partial charge >= 0.3 is 0 Å². The minimum absolute atomic E-state index is 0.00879. The SMILES string of the molecule is O=C(Nc1cnn(-c2ccc(C(=O)N3CCC([C@H](O)c4cccs4)CC3)cc2)c1)c1cccnc1. The molecule has 3 aromatic heterocycles. The minimum Gasteiger partial charge on any atom is -0.387 e. The maximum absolute atomic E-state index is 13.0. The van der Waals surface area contributed by atoms with Gasteiger partial charge in [-0.05, 0) is 66.6 Å². The average Bonchev–Trinajstić information content (AvgIpc) is 3.61. The number of rotatable bonds is 6. The molecule has 1 atom stereocenters. The number of aromatic nitrogens is 3. The van der Waals surface area contributed by atoms with E-state index in [1.165, 1.54) is 6.20 Å². The highest BCUT2D eigenvalue weighted by Gasteiger charge is 2.29. The number of nitrogens with one attached hydrogen (secondary N) is 1. The molecular formula is C26H25N5O3S. The lowest BCUT2D eigenvalue weighted by Crippen LogP contribution is -2.39. The second kappa shape index (κ2) is 10.2. The fourth-order valence-corrected chi connectivity index (χ4v) is 5.08. The van der Waals surface area contributed by atoms with Gasteiger partial charge in [-0.2, -0.15) is 5.10 Å². The highest BCUT2D eigenvalue weighted by Crippen LogP contribution is 2.33. The van der Waals surface area contributed by atoms with Crippen molar-refractivity contribution in [2.45, 2.75) is 18.9 Å². The van der Waals surface area contributed by atoms with Crippen molar-refractivity contribution in [3.05, 3.63) is 94.7 Å². The van der Waals surface area contributed by atoms with Crippen LogP contribution in [0.5, 0.6) is 0 Å². The lowest BCUT2D eigenvalue weighted by molar-refractivity contribution is 0.0474. The van der Waals surface area contributed by atoms with E-state index < -0.39 is 6.10 Å². The van der Waals surface area contributed by atoms with Gasteiger partial charge in [0.15, 0.2) is 0 Å². The van der Waals surface area contributed by atoms with Crippen LogP contribution in [-0.2, 0) is 0 Å². The number of likely N-dealkylation sites (tertiary alicyclic amines) is 1. The van der Waals surface area contributed by atoms with E-state index in [1.54, 1.807) is 58.9 Å². The molecule has 4 aromatic rings. The standard InChI is InChI=1S/C26H25N5O3S/c32-24(23-4-2-14-35-23)18-9-12-30(13-10-18)26(34)19-5-7-22(8-6-19)31-17-21(16-28-31)29-25(33)20-3-1-11-27-15-20/h1-8,11,14-18,24,32H,9-10,12-13H2,(H,29,33)/t24-/m0/s1. The van der Waals surface area contributed by atoms with Crippen molar-refractivity contribution < 1.29 is 14.7 Å². The van der Waals surface area contributed by atoms with Crippen molar-refractivity contribution in [3.63, 3.8) is 0 Å². The van der Waals surface area contributed by atoms with E-state index in [0.717, 1.165) is 23.4 Å². The maximum atomic E-state index is 13.0. The van der Waals surface area contributed by atoms with E-state index in [-0.39, 0.29) is 17.7 Å². The third-order valence-electron chi connectivity index (χ3n) is 6.25. The zero-order chi connectivity index (χ0) is 24.2. The molecule has 0 spiro atoms. The van der Waals surface area contributed by atoms with Crippen molar-refractivity contribution in [1.29, 1.82) is 0 Å². The van der Waals surface area contributed by atoms with Crippen LogP contribution >= 0.6 is 11.3 Å².